The van der Waals surface area contributed by atoms with Gasteiger partial charge < -0.3 is 23.7 Å². The van der Waals surface area contributed by atoms with Crippen molar-refractivity contribution in [2.24, 2.45) is 5.92 Å². The number of rotatable bonds is 10. The topological polar surface area (TPSA) is 83.5 Å². The number of aryl methyl sites for hydroxylation is 1. The van der Waals surface area contributed by atoms with Crippen molar-refractivity contribution < 1.29 is 37.7 Å². The number of carbonyl (C=O) groups excluding carboxylic acids is 2. The lowest BCUT2D eigenvalue weighted by atomic mass is 10.1. The Morgan fingerprint density at radius 1 is 1.08 bits per heavy atom. The number of nitrogens with zero attached hydrogens (tertiary/aromatic N) is 1. The van der Waals surface area contributed by atoms with Gasteiger partial charge in [-0.2, -0.15) is 0 Å². The fourth-order valence-electron chi connectivity index (χ4n) is 4.43. The number of benzene rings is 2. The highest BCUT2D eigenvalue weighted by molar-refractivity contribution is 5.96. The van der Waals surface area contributed by atoms with Crippen LogP contribution in [0.15, 0.2) is 36.4 Å². The van der Waals surface area contributed by atoms with E-state index in [1.165, 1.54) is 13.2 Å². The minimum absolute atomic E-state index is 0.0432. The van der Waals surface area contributed by atoms with Crippen LogP contribution in [0.25, 0.3) is 0 Å². The van der Waals surface area contributed by atoms with Crippen LogP contribution in [0.5, 0.6) is 11.5 Å². The van der Waals surface area contributed by atoms with Crippen molar-refractivity contribution in [2.45, 2.75) is 71.3 Å². The highest BCUT2D eigenvalue weighted by atomic mass is 19.1. The van der Waals surface area contributed by atoms with Gasteiger partial charge in [0, 0.05) is 0 Å². The van der Waals surface area contributed by atoms with E-state index in [-0.39, 0.29) is 35.3 Å². The summed E-state index contributed by atoms with van der Waals surface area (Å²) in [6, 6.07) is 10.9. The van der Waals surface area contributed by atoms with Gasteiger partial charge in [-0.3, -0.25) is 4.90 Å². The van der Waals surface area contributed by atoms with E-state index in [1.54, 1.807) is 11.8 Å². The van der Waals surface area contributed by atoms with Crippen LogP contribution in [0.3, 0.4) is 0 Å². The fraction of sp³-hybridized carbons (Fsp3) is 0.533. The lowest BCUT2D eigenvalue weighted by Crippen LogP contribution is -2.42. The van der Waals surface area contributed by atoms with Crippen LogP contribution in [0.2, 0.25) is 0 Å². The zero-order valence-corrected chi connectivity index (χ0v) is 23.3. The second-order valence-electron chi connectivity index (χ2n) is 11.2. The van der Waals surface area contributed by atoms with Gasteiger partial charge in [0.1, 0.15) is 23.5 Å². The summed E-state index contributed by atoms with van der Waals surface area (Å²) in [6.07, 6.45) is 1.82. The number of hydrogen-bond donors (Lipinski definition) is 0. The molecular weight excluding hydrogens is 505 g/mol. The minimum atomic E-state index is -0.755. The summed E-state index contributed by atoms with van der Waals surface area (Å²) >= 11 is 0. The smallest absolute Gasteiger partial charge is 0.410 e. The molecule has 0 unspecified atom stereocenters. The Labute approximate surface area is 229 Å². The molecule has 2 fully saturated rings. The SMILES string of the molecule is COC(=O)c1c(OC[C@H]2C[C@H](OCc3ccccc3)CN2C(=O)OC(C)(C)C)cc(C)c(F)c1OCC1CC1. The van der Waals surface area contributed by atoms with Gasteiger partial charge in [-0.25, -0.2) is 14.0 Å². The first kappa shape index (κ1) is 28.7. The van der Waals surface area contributed by atoms with Gasteiger partial charge in [-0.15, -0.1) is 0 Å². The summed E-state index contributed by atoms with van der Waals surface area (Å²) in [5, 5.41) is 0. The molecule has 39 heavy (non-hydrogen) atoms. The molecule has 1 amide bonds. The molecule has 2 aromatic rings. The van der Waals surface area contributed by atoms with Crippen molar-refractivity contribution in [3.8, 4) is 11.5 Å². The van der Waals surface area contributed by atoms with Crippen LogP contribution in [0.4, 0.5) is 9.18 Å². The minimum Gasteiger partial charge on any atom is -0.490 e. The molecule has 1 aliphatic heterocycles. The Morgan fingerprint density at radius 2 is 1.79 bits per heavy atom. The van der Waals surface area contributed by atoms with Gasteiger partial charge in [0.15, 0.2) is 11.6 Å². The van der Waals surface area contributed by atoms with E-state index < -0.39 is 29.5 Å². The van der Waals surface area contributed by atoms with Crippen molar-refractivity contribution in [1.82, 2.24) is 4.90 Å². The first-order chi connectivity index (χ1) is 18.6. The largest absolute Gasteiger partial charge is 0.490 e. The molecular formula is C30H38FNO7. The molecule has 9 heteroatoms. The third kappa shape index (κ3) is 7.62. The average molecular weight is 544 g/mol. The second kappa shape index (κ2) is 12.2. The fourth-order valence-corrected chi connectivity index (χ4v) is 4.43. The number of halogens is 1. The Morgan fingerprint density at radius 3 is 2.44 bits per heavy atom. The van der Waals surface area contributed by atoms with E-state index in [2.05, 4.69) is 0 Å². The van der Waals surface area contributed by atoms with E-state index in [1.807, 2.05) is 51.1 Å². The van der Waals surface area contributed by atoms with Crippen LogP contribution < -0.4 is 9.47 Å². The highest BCUT2D eigenvalue weighted by Crippen LogP contribution is 2.37. The molecule has 1 saturated carbocycles. The van der Waals surface area contributed by atoms with E-state index in [0.717, 1.165) is 18.4 Å². The number of hydrogen-bond acceptors (Lipinski definition) is 7. The quantitative estimate of drug-likeness (QED) is 0.356. The summed E-state index contributed by atoms with van der Waals surface area (Å²) < 4.78 is 43.7. The van der Waals surface area contributed by atoms with E-state index in [4.69, 9.17) is 23.7 Å². The number of ether oxygens (including phenoxy) is 5. The van der Waals surface area contributed by atoms with Gasteiger partial charge in [0.05, 0.1) is 39.0 Å². The van der Waals surface area contributed by atoms with Crippen LogP contribution in [-0.2, 0) is 20.8 Å². The lowest BCUT2D eigenvalue weighted by Gasteiger charge is -2.28. The zero-order valence-electron chi connectivity index (χ0n) is 23.3. The molecule has 212 valence electrons. The first-order valence-corrected chi connectivity index (χ1v) is 13.4. The van der Waals surface area contributed by atoms with Gasteiger partial charge in [-0.05, 0) is 70.1 Å². The average Bonchev–Trinajstić information content (AvgIpc) is 3.63. The van der Waals surface area contributed by atoms with Crippen molar-refractivity contribution in [2.75, 3.05) is 26.9 Å². The predicted molar refractivity (Wildman–Crippen MR) is 143 cm³/mol. The zero-order chi connectivity index (χ0) is 28.2. The monoisotopic (exact) mass is 543 g/mol. The third-order valence-corrected chi connectivity index (χ3v) is 6.68. The van der Waals surface area contributed by atoms with E-state index in [0.29, 0.717) is 32.1 Å². The van der Waals surface area contributed by atoms with Gasteiger partial charge in [-0.1, -0.05) is 30.3 Å². The predicted octanol–water partition coefficient (Wildman–Crippen LogP) is 5.68. The van der Waals surface area contributed by atoms with Crippen molar-refractivity contribution in [1.29, 1.82) is 0 Å². The first-order valence-electron chi connectivity index (χ1n) is 13.4. The Hall–Kier alpha value is -3.33. The van der Waals surface area contributed by atoms with Crippen LogP contribution in [0, 0.1) is 18.7 Å². The molecule has 1 aliphatic carbocycles. The number of amides is 1. The molecule has 0 N–H and O–H groups in total. The molecule has 2 atom stereocenters. The molecule has 0 aromatic heterocycles. The summed E-state index contributed by atoms with van der Waals surface area (Å²) in [7, 11) is 1.23. The lowest BCUT2D eigenvalue weighted by molar-refractivity contribution is 0.0126. The summed E-state index contributed by atoms with van der Waals surface area (Å²) in [4.78, 5) is 27.4. The molecule has 8 nitrogen and oxygen atoms in total. The maximum absolute atomic E-state index is 15.1. The third-order valence-electron chi connectivity index (χ3n) is 6.68. The summed E-state index contributed by atoms with van der Waals surface area (Å²) in [5.41, 5.74) is 0.540. The van der Waals surface area contributed by atoms with Crippen LogP contribution >= 0.6 is 0 Å². The van der Waals surface area contributed by atoms with Crippen molar-refractivity contribution >= 4 is 12.1 Å². The number of esters is 1. The molecule has 0 radical (unpaired) electrons. The van der Waals surface area contributed by atoms with E-state index >= 15 is 4.39 Å². The van der Waals surface area contributed by atoms with Gasteiger partial charge in [0.25, 0.3) is 0 Å². The second-order valence-corrected chi connectivity index (χ2v) is 11.2. The molecule has 1 saturated heterocycles. The number of likely N-dealkylation sites (tertiary alicyclic amines) is 1. The maximum atomic E-state index is 15.1. The maximum Gasteiger partial charge on any atom is 0.410 e. The van der Waals surface area contributed by atoms with Gasteiger partial charge in [0.2, 0.25) is 0 Å². The normalized spacial score (nSPS) is 19.1. The standard InChI is InChI=1S/C30H38FNO7/c1-19-13-24(25(28(33)35-5)27(26(19)31)38-17-21-11-12-21)37-18-22-14-23(36-16-20-9-7-6-8-10-20)15-32(22)29(34)39-30(2,3)4/h6-10,13,21-23H,11-12,14-18H2,1-5H3/t22-,23+/m1/s1. The van der Waals surface area contributed by atoms with Crippen molar-refractivity contribution in [3.63, 3.8) is 0 Å². The molecule has 0 spiro atoms. The molecule has 2 aliphatic rings. The molecule has 4 rings (SSSR count). The summed E-state index contributed by atoms with van der Waals surface area (Å²) in [5.74, 6) is -1.04. The molecule has 2 aromatic carbocycles. The Kier molecular flexibility index (Phi) is 9.00. The molecule has 1 heterocycles. The van der Waals surface area contributed by atoms with E-state index in [9.17, 15) is 9.59 Å². The summed E-state index contributed by atoms with van der Waals surface area (Å²) in [6.45, 7) is 8.11. The van der Waals surface area contributed by atoms with Crippen molar-refractivity contribution in [3.05, 3.63) is 58.9 Å². The van der Waals surface area contributed by atoms with Crippen LogP contribution in [-0.4, -0.2) is 61.6 Å². The Balaban J connectivity index is 1.53. The van der Waals surface area contributed by atoms with Gasteiger partial charge >= 0.3 is 12.1 Å². The number of methoxy groups -OCH3 is 1. The molecule has 0 bridgehead atoms. The van der Waals surface area contributed by atoms with Crippen LogP contribution in [0.1, 0.15) is 61.5 Å². The Bertz CT molecular complexity index is 1160. The number of carbonyl (C=O) groups is 2. The highest BCUT2D eigenvalue weighted by Gasteiger charge is 2.39.